The second-order valence-corrected chi connectivity index (χ2v) is 13.6. The van der Waals surface area contributed by atoms with Gasteiger partial charge in [-0.15, -0.1) is 0 Å². The molecule has 9 nitrogen and oxygen atoms in total. The van der Waals surface area contributed by atoms with Crippen LogP contribution in [0.2, 0.25) is 0 Å². The Morgan fingerprint density at radius 1 is 0.627 bits per heavy atom. The smallest absolute Gasteiger partial charge is 0.315 e. The molecule has 2 aliphatic rings. The van der Waals surface area contributed by atoms with Gasteiger partial charge < -0.3 is 11.1 Å². The molecule has 0 unspecified atom stereocenters. The lowest BCUT2D eigenvalue weighted by Gasteiger charge is -2.37. The minimum atomic E-state index is -3.14. The van der Waals surface area contributed by atoms with E-state index in [1.807, 2.05) is 23.5 Å². The third-order valence-electron chi connectivity index (χ3n) is 10.2. The molecule has 2 aromatic heterocycles. The van der Waals surface area contributed by atoms with Crippen molar-refractivity contribution in [1.82, 2.24) is 25.3 Å². The molecule has 0 radical (unpaired) electrons. The number of amides is 1. The molecule has 0 saturated heterocycles. The Balaban J connectivity index is 0.000000201. The van der Waals surface area contributed by atoms with Gasteiger partial charge in [0.1, 0.15) is 11.6 Å². The summed E-state index contributed by atoms with van der Waals surface area (Å²) in [5.74, 6) is -0.626. The molecule has 0 bridgehead atoms. The Morgan fingerprint density at radius 3 is 1.39 bits per heavy atom. The number of carbonyl (C=O) groups is 3. The first-order valence-corrected chi connectivity index (χ1v) is 17.8. The lowest BCUT2D eigenvalue weighted by Crippen LogP contribution is -2.34. The molecule has 6 rings (SSSR count). The van der Waals surface area contributed by atoms with Crippen molar-refractivity contribution in [2.75, 3.05) is 13.1 Å². The van der Waals surface area contributed by atoms with E-state index in [-0.39, 0.29) is 28.7 Å². The molecule has 2 saturated carbocycles. The van der Waals surface area contributed by atoms with E-state index in [9.17, 15) is 23.2 Å². The molecule has 0 spiro atoms. The zero-order valence-electron chi connectivity index (χ0n) is 28.9. The second kappa shape index (κ2) is 17.9. The molecule has 2 aromatic carbocycles. The Morgan fingerprint density at radius 2 is 1.02 bits per heavy atom. The monoisotopic (exact) mass is 696 g/mol. The highest BCUT2D eigenvalue weighted by Gasteiger charge is 2.36. The molecule has 268 valence electrons. The summed E-state index contributed by atoms with van der Waals surface area (Å²) in [6.07, 6.45) is 16.2. The van der Waals surface area contributed by atoms with E-state index in [1.54, 1.807) is 12.4 Å². The molecular formula is C40H46F2N6O3. The molecule has 3 N–H and O–H groups in total. The first-order valence-electron chi connectivity index (χ1n) is 17.8. The van der Waals surface area contributed by atoms with E-state index in [0.717, 1.165) is 37.9 Å². The maximum Gasteiger partial charge on any atom is 0.315 e. The maximum atomic E-state index is 12.2. The van der Waals surface area contributed by atoms with E-state index in [1.165, 1.54) is 62.0 Å². The predicted molar refractivity (Wildman–Crippen MR) is 191 cm³/mol. The van der Waals surface area contributed by atoms with Crippen molar-refractivity contribution in [2.45, 2.75) is 94.3 Å². The fourth-order valence-electron chi connectivity index (χ4n) is 7.43. The van der Waals surface area contributed by atoms with Crippen LogP contribution in [0, 0.1) is 0 Å². The first kappa shape index (κ1) is 37.5. The van der Waals surface area contributed by atoms with Crippen LogP contribution in [0.4, 0.5) is 8.78 Å². The van der Waals surface area contributed by atoms with Crippen LogP contribution in [0.25, 0.3) is 0 Å². The lowest BCUT2D eigenvalue weighted by atomic mass is 9.67. The summed E-state index contributed by atoms with van der Waals surface area (Å²) in [6, 6.07) is 21.1. The third-order valence-corrected chi connectivity index (χ3v) is 10.2. The fraction of sp³-hybridized carbons (Fsp3) is 0.425. The van der Waals surface area contributed by atoms with Gasteiger partial charge in [-0.25, -0.2) is 19.9 Å². The summed E-state index contributed by atoms with van der Waals surface area (Å²) in [4.78, 5) is 52.0. The van der Waals surface area contributed by atoms with Gasteiger partial charge in [-0.3, -0.25) is 14.4 Å². The molecule has 2 aliphatic carbocycles. The van der Waals surface area contributed by atoms with Crippen LogP contribution >= 0.6 is 0 Å². The molecule has 1 amide bonds. The summed E-state index contributed by atoms with van der Waals surface area (Å²) in [6.45, 7) is -0.503. The number of carbonyl (C=O) groups excluding carboxylic acids is 3. The number of Topliss-reactive ketones (excluding diaryl/α,β-unsaturated/α-hetero) is 2. The van der Waals surface area contributed by atoms with Crippen molar-refractivity contribution >= 4 is 17.5 Å². The van der Waals surface area contributed by atoms with Crippen LogP contribution in [-0.4, -0.2) is 56.9 Å². The van der Waals surface area contributed by atoms with Gasteiger partial charge in [0, 0.05) is 48.5 Å². The van der Waals surface area contributed by atoms with Crippen LogP contribution in [0.5, 0.6) is 0 Å². The zero-order chi connectivity index (χ0) is 36.1. The highest BCUT2D eigenvalue weighted by molar-refractivity contribution is 5.99. The minimum absolute atomic E-state index is 0.00331. The number of halogens is 2. The van der Waals surface area contributed by atoms with Gasteiger partial charge in [-0.1, -0.05) is 99.2 Å². The SMILES string of the molecule is NCC(=O)c1cnc(CC2(c3ccccc3)CCCCC2)nc1.O=C(CNC(=O)C(F)F)c1cnc(CC2(c3ccccc3)CCCCC2)nc1. The third kappa shape index (κ3) is 9.94. The zero-order valence-corrected chi connectivity index (χ0v) is 28.9. The standard InChI is InChI=1S/C21H23F2N3O2.C19H23N3O/c22-19(23)20(28)26-14-17(27)15-12-24-18(25-13-15)11-21(9-5-2-6-10-21)16-7-3-1-4-8-16;20-12-17(23)15-13-21-18(22-14-15)11-19(9-5-2-6-10-19)16-7-3-1-4-8-16/h1,3-4,7-8,12-13,19H,2,5-6,9-11,14H2,(H,26,28);1,3-4,7-8,13-14H,2,5-6,9-12,20H2. The summed E-state index contributed by atoms with van der Waals surface area (Å²) in [5, 5.41) is 1.89. The van der Waals surface area contributed by atoms with Crippen LogP contribution in [-0.2, 0) is 28.5 Å². The van der Waals surface area contributed by atoms with Crippen molar-refractivity contribution in [3.05, 3.63) is 119 Å². The Labute approximate surface area is 297 Å². The summed E-state index contributed by atoms with van der Waals surface area (Å²) < 4.78 is 24.4. The van der Waals surface area contributed by atoms with Crippen LogP contribution in [0.1, 0.15) is 108 Å². The Hall–Kier alpha value is -4.77. The van der Waals surface area contributed by atoms with Gasteiger partial charge in [0.05, 0.1) is 24.2 Å². The number of nitrogens with one attached hydrogen (secondary N) is 1. The number of hydrogen-bond acceptors (Lipinski definition) is 8. The first-order chi connectivity index (χ1) is 24.7. The molecular weight excluding hydrogens is 650 g/mol. The normalized spacial score (nSPS) is 16.4. The van der Waals surface area contributed by atoms with E-state index < -0.39 is 24.7 Å². The molecule has 11 heteroatoms. The van der Waals surface area contributed by atoms with Crippen molar-refractivity contribution in [2.24, 2.45) is 5.73 Å². The van der Waals surface area contributed by atoms with Crippen LogP contribution in [0.3, 0.4) is 0 Å². The Bertz CT molecular complexity index is 1710. The summed E-state index contributed by atoms with van der Waals surface area (Å²) in [5.41, 5.74) is 8.85. The minimum Gasteiger partial charge on any atom is -0.344 e. The number of nitrogens with two attached hydrogens (primary N) is 1. The topological polar surface area (TPSA) is 141 Å². The molecule has 4 aromatic rings. The maximum absolute atomic E-state index is 12.2. The molecule has 2 fully saturated rings. The van der Waals surface area contributed by atoms with E-state index >= 15 is 0 Å². The van der Waals surface area contributed by atoms with Crippen molar-refractivity contribution in [3.8, 4) is 0 Å². The highest BCUT2D eigenvalue weighted by atomic mass is 19.3. The number of aromatic nitrogens is 4. The Kier molecular flexibility index (Phi) is 13.2. The molecule has 0 atom stereocenters. The average molecular weight is 697 g/mol. The van der Waals surface area contributed by atoms with Gasteiger partial charge in [0.2, 0.25) is 0 Å². The summed E-state index contributed by atoms with van der Waals surface area (Å²) in [7, 11) is 0. The highest BCUT2D eigenvalue weighted by Crippen LogP contribution is 2.42. The second-order valence-electron chi connectivity index (χ2n) is 13.6. The van der Waals surface area contributed by atoms with Crippen molar-refractivity contribution in [3.63, 3.8) is 0 Å². The van der Waals surface area contributed by atoms with Gasteiger partial charge in [-0.05, 0) is 36.8 Å². The van der Waals surface area contributed by atoms with Crippen molar-refractivity contribution < 1.29 is 23.2 Å². The summed E-state index contributed by atoms with van der Waals surface area (Å²) >= 11 is 0. The number of ketones is 2. The quantitative estimate of drug-likeness (QED) is 0.159. The lowest BCUT2D eigenvalue weighted by molar-refractivity contribution is -0.131. The van der Waals surface area contributed by atoms with Crippen LogP contribution in [0.15, 0.2) is 85.5 Å². The van der Waals surface area contributed by atoms with Gasteiger partial charge in [0.15, 0.2) is 11.6 Å². The number of hydrogen-bond donors (Lipinski definition) is 2. The molecule has 0 aliphatic heterocycles. The van der Waals surface area contributed by atoms with E-state index in [4.69, 9.17) is 5.73 Å². The number of rotatable bonds is 12. The van der Waals surface area contributed by atoms with Gasteiger partial charge in [0.25, 0.3) is 5.91 Å². The largest absolute Gasteiger partial charge is 0.344 e. The van der Waals surface area contributed by atoms with E-state index in [0.29, 0.717) is 17.8 Å². The number of nitrogens with zero attached hydrogens (tertiary/aromatic N) is 4. The van der Waals surface area contributed by atoms with E-state index in [2.05, 4.69) is 62.4 Å². The van der Waals surface area contributed by atoms with Gasteiger partial charge in [-0.2, -0.15) is 8.78 Å². The molecule has 51 heavy (non-hydrogen) atoms. The fourth-order valence-corrected chi connectivity index (χ4v) is 7.43. The van der Waals surface area contributed by atoms with Gasteiger partial charge >= 0.3 is 6.43 Å². The number of benzene rings is 2. The number of alkyl halides is 2. The van der Waals surface area contributed by atoms with Crippen LogP contribution < -0.4 is 11.1 Å². The molecule has 2 heterocycles. The predicted octanol–water partition coefficient (Wildman–Crippen LogP) is 6.55. The average Bonchev–Trinajstić information content (AvgIpc) is 3.18. The van der Waals surface area contributed by atoms with Crippen molar-refractivity contribution in [1.29, 1.82) is 0 Å².